The van der Waals surface area contributed by atoms with Crippen LogP contribution in [0.5, 0.6) is 0 Å². The number of nitrogens with one attached hydrogen (secondary N) is 3. The van der Waals surface area contributed by atoms with Crippen LogP contribution < -0.4 is 15.7 Å². The number of esters is 3. The van der Waals surface area contributed by atoms with Crippen molar-refractivity contribution in [2.24, 2.45) is 0 Å². The fourth-order valence-corrected chi connectivity index (χ4v) is 9.35. The number of ether oxygens (including phenoxy) is 5. The molecule has 79 heavy (non-hydrogen) atoms. The third kappa shape index (κ3) is 14.6. The maximum absolute atomic E-state index is 15.1. The number of benzene rings is 6. The average molecular weight is 1090 g/mol. The lowest BCUT2D eigenvalue weighted by Gasteiger charge is -2.26. The van der Waals surface area contributed by atoms with E-state index in [1.807, 2.05) is 0 Å². The van der Waals surface area contributed by atoms with Crippen molar-refractivity contribution in [3.63, 3.8) is 0 Å². The first-order valence-corrected chi connectivity index (χ1v) is 26.2. The average Bonchev–Trinajstić information content (AvgIpc) is 4.29. The summed E-state index contributed by atoms with van der Waals surface area (Å²) in [5.74, 6) is -4.32. The first-order valence-electron chi connectivity index (χ1n) is 24.6. The Kier molecular flexibility index (Phi) is 18.0. The van der Waals surface area contributed by atoms with E-state index in [9.17, 15) is 28.8 Å². The number of aromatic nitrogens is 4. The van der Waals surface area contributed by atoms with Gasteiger partial charge in [-0.05, 0) is 53.1 Å². The van der Waals surface area contributed by atoms with Crippen LogP contribution in [-0.4, -0.2) is 86.3 Å². The van der Waals surface area contributed by atoms with Crippen LogP contribution in [0.25, 0.3) is 11.2 Å². The minimum Gasteiger partial charge on any atom is -0.459 e. The molecule has 1 fully saturated rings. The van der Waals surface area contributed by atoms with Gasteiger partial charge in [0.2, 0.25) is 5.91 Å². The highest BCUT2D eigenvalue weighted by atomic mass is 31.2. The molecule has 1 unspecified atom stereocenters. The van der Waals surface area contributed by atoms with E-state index >= 15 is 4.57 Å². The zero-order chi connectivity index (χ0) is 55.0. The van der Waals surface area contributed by atoms with Crippen molar-refractivity contribution in [1.29, 1.82) is 0 Å². The number of amides is 3. The maximum atomic E-state index is 15.1. The Balaban J connectivity index is 1.02. The van der Waals surface area contributed by atoms with Crippen molar-refractivity contribution in [2.75, 3.05) is 11.9 Å². The van der Waals surface area contributed by atoms with Gasteiger partial charge >= 0.3 is 31.7 Å². The second kappa shape index (κ2) is 26.1. The first-order chi connectivity index (χ1) is 38.5. The summed E-state index contributed by atoms with van der Waals surface area (Å²) in [6.45, 7) is -1.56. The number of hydrogen-bond acceptors (Lipinski definition) is 17. The van der Waals surface area contributed by atoms with Crippen LogP contribution in [0.4, 0.5) is 10.6 Å². The van der Waals surface area contributed by atoms with Crippen LogP contribution in [0, 0.1) is 0 Å². The fraction of sp³-hybridized carbons (Fsp3) is 0.175. The van der Waals surface area contributed by atoms with Crippen LogP contribution in [0.3, 0.4) is 0 Å². The Labute approximate surface area is 451 Å². The van der Waals surface area contributed by atoms with Gasteiger partial charge in [0.25, 0.3) is 5.91 Å². The van der Waals surface area contributed by atoms with E-state index in [2.05, 4.69) is 30.7 Å². The van der Waals surface area contributed by atoms with Gasteiger partial charge in [-0.15, -0.1) is 0 Å². The number of alkyl carbamates (subject to hydrolysis) is 1. The van der Waals surface area contributed by atoms with E-state index in [0.717, 1.165) is 0 Å². The summed E-state index contributed by atoms with van der Waals surface area (Å²) in [6, 6.07) is 48.5. The number of carbonyl (C=O) groups is 6. The Morgan fingerprint density at radius 1 is 0.582 bits per heavy atom. The molecule has 3 heterocycles. The molecule has 6 atom stereocenters. The minimum atomic E-state index is -4.91. The molecular formula is C57H50N7O14P. The molecule has 9 rings (SSSR count). The van der Waals surface area contributed by atoms with E-state index in [1.165, 1.54) is 41.5 Å². The van der Waals surface area contributed by atoms with E-state index in [4.69, 9.17) is 32.7 Å². The molecule has 8 aromatic rings. The Hall–Kier alpha value is -9.40. The Morgan fingerprint density at radius 3 is 1.66 bits per heavy atom. The highest BCUT2D eigenvalue weighted by molar-refractivity contribution is 7.52. The van der Waals surface area contributed by atoms with Crippen LogP contribution >= 0.6 is 7.75 Å². The predicted molar refractivity (Wildman–Crippen MR) is 282 cm³/mol. The normalized spacial score (nSPS) is 16.8. The SMILES string of the molecule is O=C(C[C@H](NC(=O)OCc1ccccc1)C(=O)OCc1ccccc1)NP(=O)(OCc1ccccc1)OC[C@H]1O[C@@H](n2cnc3c(NC(=O)c4ccccc4)ncnc32)[C@H](OC(=O)c2ccccc2)[C@@H]1OC(=O)c1ccccc1. The molecule has 0 saturated carbocycles. The van der Waals surface area contributed by atoms with Crippen LogP contribution in [0.2, 0.25) is 0 Å². The smallest absolute Gasteiger partial charge is 0.435 e. The summed E-state index contributed by atoms with van der Waals surface area (Å²) in [4.78, 5) is 95.6. The van der Waals surface area contributed by atoms with Gasteiger partial charge in [-0.1, -0.05) is 146 Å². The molecule has 402 valence electrons. The molecule has 1 aliphatic rings. The summed E-state index contributed by atoms with van der Waals surface area (Å²) in [5.41, 5.74) is 2.53. The molecule has 3 N–H and O–H groups in total. The minimum absolute atomic E-state index is 0.0265. The number of imidazole rings is 1. The van der Waals surface area contributed by atoms with Crippen molar-refractivity contribution >= 4 is 60.5 Å². The number of hydrogen-bond donors (Lipinski definition) is 3. The van der Waals surface area contributed by atoms with Gasteiger partial charge in [0.1, 0.15) is 31.7 Å². The number of fused-ring (bicyclic) bond motifs is 1. The van der Waals surface area contributed by atoms with Crippen LogP contribution in [0.15, 0.2) is 195 Å². The number of carbonyl (C=O) groups excluding carboxylic acids is 6. The molecule has 0 spiro atoms. The summed E-state index contributed by atoms with van der Waals surface area (Å²) in [6.07, 6.45) is -5.49. The number of rotatable bonds is 22. The van der Waals surface area contributed by atoms with Crippen molar-refractivity contribution in [1.82, 2.24) is 29.9 Å². The van der Waals surface area contributed by atoms with Gasteiger partial charge < -0.3 is 34.3 Å². The lowest BCUT2D eigenvalue weighted by Crippen LogP contribution is -2.45. The zero-order valence-electron chi connectivity index (χ0n) is 41.8. The van der Waals surface area contributed by atoms with E-state index in [1.54, 1.807) is 158 Å². The fourth-order valence-electron chi connectivity index (χ4n) is 8.09. The lowest BCUT2D eigenvalue weighted by molar-refractivity contribution is -0.148. The molecule has 3 amide bonds. The van der Waals surface area contributed by atoms with Gasteiger partial charge in [-0.2, -0.15) is 0 Å². The second-order valence-corrected chi connectivity index (χ2v) is 19.3. The summed E-state index contributed by atoms with van der Waals surface area (Å²) in [7, 11) is -4.91. The lowest BCUT2D eigenvalue weighted by atomic mass is 10.1. The molecule has 0 radical (unpaired) electrons. The number of nitrogens with zero attached hydrogens (tertiary/aromatic N) is 4. The van der Waals surface area contributed by atoms with Crippen LogP contribution in [0.1, 0.15) is 60.4 Å². The van der Waals surface area contributed by atoms with Crippen molar-refractivity contribution in [3.8, 4) is 0 Å². The predicted octanol–water partition coefficient (Wildman–Crippen LogP) is 8.31. The molecule has 1 saturated heterocycles. The maximum Gasteiger partial charge on any atom is 0.435 e. The molecular weight excluding hydrogens is 1040 g/mol. The monoisotopic (exact) mass is 1090 g/mol. The third-order valence-electron chi connectivity index (χ3n) is 12.0. The summed E-state index contributed by atoms with van der Waals surface area (Å²) in [5, 5.41) is 7.40. The van der Waals surface area contributed by atoms with Gasteiger partial charge in [-0.3, -0.25) is 28.3 Å². The van der Waals surface area contributed by atoms with Gasteiger partial charge in [0, 0.05) is 5.56 Å². The molecule has 0 aliphatic carbocycles. The van der Waals surface area contributed by atoms with E-state index < -0.39 is 87.2 Å². The zero-order valence-corrected chi connectivity index (χ0v) is 42.7. The second-order valence-electron chi connectivity index (χ2n) is 17.5. The summed E-state index contributed by atoms with van der Waals surface area (Å²) >= 11 is 0. The highest BCUT2D eigenvalue weighted by Gasteiger charge is 2.52. The molecule has 6 aromatic carbocycles. The molecule has 21 nitrogen and oxygen atoms in total. The Morgan fingerprint density at radius 2 is 1.09 bits per heavy atom. The standard InChI is InChI=1S/C57H50N7O14P/c65-46(31-44(56(69)72-32-38-19-7-1-8-20-38)61-57(70)73-33-39-21-9-2-10-22-39)63-79(71,74-34-40-23-11-3-12-24-40)75-35-45-48(77-54(67)42-27-15-5-16-28-42)49(78-55(68)43-29-17-6-18-30-43)53(76-45)64-37-60-47-50(58-36-59-51(47)64)62-52(66)41-25-13-4-14-26-41/h1-30,36-37,44-45,48-49,53H,31-35H2,(H,61,70)(H,63,65,71)(H,58,59,62,66)/t44-,45+,48+,49+,53+,79?/m0/s1. The van der Waals surface area contributed by atoms with Gasteiger partial charge in [0.05, 0.1) is 37.1 Å². The van der Waals surface area contributed by atoms with E-state index in [0.29, 0.717) is 22.3 Å². The quantitative estimate of drug-likeness (QED) is 0.0327. The highest BCUT2D eigenvalue weighted by Crippen LogP contribution is 2.47. The van der Waals surface area contributed by atoms with Crippen molar-refractivity contribution in [2.45, 2.75) is 56.8 Å². The largest absolute Gasteiger partial charge is 0.459 e. The topological polar surface area (TPSA) is 264 Å². The van der Waals surface area contributed by atoms with Gasteiger partial charge in [0.15, 0.2) is 35.4 Å². The first kappa shape index (κ1) is 54.4. The third-order valence-corrected chi connectivity index (χ3v) is 13.5. The van der Waals surface area contributed by atoms with Crippen molar-refractivity contribution in [3.05, 3.63) is 228 Å². The van der Waals surface area contributed by atoms with Crippen LogP contribution in [-0.2, 0) is 66.7 Å². The van der Waals surface area contributed by atoms with E-state index in [-0.39, 0.29) is 47.9 Å². The molecule has 22 heteroatoms. The molecule has 2 aromatic heterocycles. The van der Waals surface area contributed by atoms with Gasteiger partial charge in [-0.25, -0.2) is 38.7 Å². The number of anilines is 1. The molecule has 1 aliphatic heterocycles. The summed E-state index contributed by atoms with van der Waals surface area (Å²) < 4.78 is 58.2. The van der Waals surface area contributed by atoms with Crippen molar-refractivity contribution < 1.29 is 66.1 Å². The molecule has 0 bridgehead atoms. The Bertz CT molecular complexity index is 3420.